The maximum Gasteiger partial charge on any atom is 0.224 e. The Labute approximate surface area is 154 Å². The zero-order valence-corrected chi connectivity index (χ0v) is 15.5. The number of likely N-dealkylation sites (N-methyl/N-ethyl adjacent to an activating group) is 1. The third-order valence-corrected chi connectivity index (χ3v) is 4.88. The number of benzene rings is 2. The largest absolute Gasteiger partial charge is 0.369 e. The van der Waals surface area contributed by atoms with Gasteiger partial charge in [-0.05, 0) is 61.9 Å². The zero-order chi connectivity index (χ0) is 18.5. The van der Waals surface area contributed by atoms with Crippen molar-refractivity contribution in [2.75, 3.05) is 43.4 Å². The highest BCUT2D eigenvalue weighted by Crippen LogP contribution is 2.24. The minimum Gasteiger partial charge on any atom is -0.369 e. The Morgan fingerprint density at radius 1 is 1.08 bits per heavy atom. The molecule has 2 aromatic rings. The predicted octanol–water partition coefficient (Wildman–Crippen LogP) is 3.46. The molecule has 0 aliphatic carbocycles. The minimum absolute atomic E-state index is 0.0268. The Morgan fingerprint density at radius 3 is 2.42 bits per heavy atom. The van der Waals surface area contributed by atoms with E-state index < -0.39 is 0 Å². The van der Waals surface area contributed by atoms with Crippen LogP contribution in [0.5, 0.6) is 0 Å². The molecule has 0 unspecified atom stereocenters. The van der Waals surface area contributed by atoms with Gasteiger partial charge in [0, 0.05) is 44.0 Å². The first-order valence-corrected chi connectivity index (χ1v) is 9.10. The van der Waals surface area contributed by atoms with Crippen molar-refractivity contribution in [1.82, 2.24) is 4.90 Å². The smallest absolute Gasteiger partial charge is 0.224 e. The third kappa shape index (κ3) is 4.82. The van der Waals surface area contributed by atoms with Gasteiger partial charge in [0.1, 0.15) is 5.82 Å². The van der Waals surface area contributed by atoms with Crippen LogP contribution < -0.4 is 10.2 Å². The fourth-order valence-corrected chi connectivity index (χ4v) is 3.27. The second kappa shape index (κ2) is 8.32. The molecule has 138 valence electrons. The quantitative estimate of drug-likeness (QED) is 0.892. The maximum absolute atomic E-state index is 12.9. The normalized spacial score (nSPS) is 15.1. The number of aryl methyl sites for hydroxylation is 2. The number of nitrogens with zero attached hydrogens (tertiary/aromatic N) is 2. The molecule has 0 saturated carbocycles. The van der Waals surface area contributed by atoms with Crippen LogP contribution in [0.2, 0.25) is 0 Å². The molecule has 0 atom stereocenters. The fourth-order valence-electron chi connectivity index (χ4n) is 3.27. The van der Waals surface area contributed by atoms with Gasteiger partial charge < -0.3 is 15.1 Å². The van der Waals surface area contributed by atoms with Gasteiger partial charge in [-0.1, -0.05) is 12.1 Å². The van der Waals surface area contributed by atoms with E-state index in [0.717, 1.165) is 37.4 Å². The van der Waals surface area contributed by atoms with Crippen LogP contribution in [-0.4, -0.2) is 44.0 Å². The summed E-state index contributed by atoms with van der Waals surface area (Å²) in [6.07, 6.45) is 0.982. The van der Waals surface area contributed by atoms with E-state index >= 15 is 0 Å². The van der Waals surface area contributed by atoms with E-state index in [1.807, 2.05) is 12.1 Å². The Balaban J connectivity index is 1.55. The number of hydrogen-bond donors (Lipinski definition) is 1. The second-order valence-electron chi connectivity index (χ2n) is 6.97. The molecule has 3 rings (SSSR count). The topological polar surface area (TPSA) is 35.6 Å². The number of anilines is 2. The first kappa shape index (κ1) is 18.4. The molecule has 2 aromatic carbocycles. The molecular formula is C21H26FN3O. The average Bonchev–Trinajstić information content (AvgIpc) is 2.62. The molecule has 0 spiro atoms. The fraction of sp³-hybridized carbons (Fsp3) is 0.381. The van der Waals surface area contributed by atoms with Gasteiger partial charge in [0.05, 0.1) is 0 Å². The lowest BCUT2D eigenvalue weighted by Gasteiger charge is -2.35. The lowest BCUT2D eigenvalue weighted by atomic mass is 10.1. The van der Waals surface area contributed by atoms with Gasteiger partial charge in [-0.3, -0.25) is 4.79 Å². The Hall–Kier alpha value is -2.40. The Kier molecular flexibility index (Phi) is 5.89. The predicted molar refractivity (Wildman–Crippen MR) is 104 cm³/mol. The van der Waals surface area contributed by atoms with Gasteiger partial charge in [-0.2, -0.15) is 0 Å². The van der Waals surface area contributed by atoms with Crippen molar-refractivity contribution in [2.45, 2.75) is 19.8 Å². The molecule has 0 bridgehead atoms. The van der Waals surface area contributed by atoms with Gasteiger partial charge in [-0.15, -0.1) is 0 Å². The van der Waals surface area contributed by atoms with E-state index in [-0.39, 0.29) is 11.7 Å². The van der Waals surface area contributed by atoms with Crippen LogP contribution in [0.25, 0.3) is 0 Å². The van der Waals surface area contributed by atoms with Crippen molar-refractivity contribution < 1.29 is 9.18 Å². The van der Waals surface area contributed by atoms with Crippen molar-refractivity contribution in [3.05, 3.63) is 59.4 Å². The molecule has 1 aliphatic heterocycles. The summed E-state index contributed by atoms with van der Waals surface area (Å²) in [5.41, 5.74) is 4.20. The lowest BCUT2D eigenvalue weighted by Crippen LogP contribution is -2.44. The number of amides is 1. The number of hydrogen-bond acceptors (Lipinski definition) is 3. The van der Waals surface area contributed by atoms with E-state index in [2.05, 4.69) is 35.2 Å². The van der Waals surface area contributed by atoms with Crippen LogP contribution >= 0.6 is 0 Å². The van der Waals surface area contributed by atoms with Crippen molar-refractivity contribution in [3.8, 4) is 0 Å². The summed E-state index contributed by atoms with van der Waals surface area (Å²) in [7, 11) is 2.15. The van der Waals surface area contributed by atoms with Crippen LogP contribution in [0.4, 0.5) is 15.8 Å². The van der Waals surface area contributed by atoms with Crippen LogP contribution in [0.1, 0.15) is 17.5 Å². The maximum atomic E-state index is 12.9. The summed E-state index contributed by atoms with van der Waals surface area (Å²) in [6, 6.07) is 12.4. The summed E-state index contributed by atoms with van der Waals surface area (Å²) in [5, 5.41) is 2.96. The van der Waals surface area contributed by atoms with E-state index in [4.69, 9.17) is 0 Å². The molecule has 1 amide bonds. The van der Waals surface area contributed by atoms with Gasteiger partial charge >= 0.3 is 0 Å². The van der Waals surface area contributed by atoms with Crippen molar-refractivity contribution in [2.24, 2.45) is 0 Å². The molecule has 1 heterocycles. The molecule has 1 saturated heterocycles. The van der Waals surface area contributed by atoms with Crippen LogP contribution in [0.15, 0.2) is 42.5 Å². The Bertz CT molecular complexity index is 752. The highest BCUT2D eigenvalue weighted by molar-refractivity contribution is 5.91. The zero-order valence-electron chi connectivity index (χ0n) is 15.5. The minimum atomic E-state index is -0.255. The molecule has 1 aliphatic rings. The van der Waals surface area contributed by atoms with Gasteiger partial charge in [0.25, 0.3) is 0 Å². The van der Waals surface area contributed by atoms with E-state index in [0.29, 0.717) is 12.8 Å². The first-order valence-electron chi connectivity index (χ1n) is 9.10. The first-order chi connectivity index (χ1) is 12.5. The van der Waals surface area contributed by atoms with Crippen molar-refractivity contribution in [3.63, 3.8) is 0 Å². The number of piperazine rings is 1. The lowest BCUT2D eigenvalue weighted by molar-refractivity contribution is -0.116. The SMILES string of the molecule is Cc1cc(NC(=O)CCc2ccc(F)cc2)ccc1N1CCN(C)CC1. The summed E-state index contributed by atoms with van der Waals surface area (Å²) in [5.74, 6) is -0.282. The number of carbonyl (C=O) groups excluding carboxylic acids is 1. The molecule has 1 fully saturated rings. The van der Waals surface area contributed by atoms with E-state index in [1.165, 1.54) is 23.4 Å². The highest BCUT2D eigenvalue weighted by Gasteiger charge is 2.16. The molecule has 0 radical (unpaired) electrons. The average molecular weight is 355 g/mol. The summed E-state index contributed by atoms with van der Waals surface area (Å²) >= 11 is 0. The number of halogens is 1. The standard InChI is InChI=1S/C21H26FN3O/c1-16-15-19(8-9-20(16)25-13-11-24(2)12-14-25)23-21(26)10-5-17-3-6-18(22)7-4-17/h3-4,6-9,15H,5,10-14H2,1-2H3,(H,23,26). The summed E-state index contributed by atoms with van der Waals surface area (Å²) in [6.45, 7) is 6.28. The Morgan fingerprint density at radius 2 is 1.77 bits per heavy atom. The van der Waals surface area contributed by atoms with Crippen LogP contribution in [-0.2, 0) is 11.2 Å². The molecule has 5 heteroatoms. The van der Waals surface area contributed by atoms with E-state index in [1.54, 1.807) is 12.1 Å². The molecule has 0 aromatic heterocycles. The molecule has 1 N–H and O–H groups in total. The number of rotatable bonds is 5. The van der Waals surface area contributed by atoms with Crippen molar-refractivity contribution >= 4 is 17.3 Å². The highest BCUT2D eigenvalue weighted by atomic mass is 19.1. The van der Waals surface area contributed by atoms with Crippen LogP contribution in [0, 0.1) is 12.7 Å². The van der Waals surface area contributed by atoms with Gasteiger partial charge in [-0.25, -0.2) is 4.39 Å². The third-order valence-electron chi connectivity index (χ3n) is 4.88. The van der Waals surface area contributed by atoms with Gasteiger partial charge in [0.2, 0.25) is 5.91 Å². The summed E-state index contributed by atoms with van der Waals surface area (Å²) in [4.78, 5) is 16.9. The number of carbonyl (C=O) groups is 1. The monoisotopic (exact) mass is 355 g/mol. The van der Waals surface area contributed by atoms with Crippen molar-refractivity contribution in [1.29, 1.82) is 0 Å². The van der Waals surface area contributed by atoms with E-state index in [9.17, 15) is 9.18 Å². The van der Waals surface area contributed by atoms with Crippen LogP contribution in [0.3, 0.4) is 0 Å². The van der Waals surface area contributed by atoms with Gasteiger partial charge in [0.15, 0.2) is 0 Å². The molecule has 4 nitrogen and oxygen atoms in total. The molecular weight excluding hydrogens is 329 g/mol. The molecule has 26 heavy (non-hydrogen) atoms. The second-order valence-corrected chi connectivity index (χ2v) is 6.97. The summed E-state index contributed by atoms with van der Waals surface area (Å²) < 4.78 is 12.9. The number of nitrogens with one attached hydrogen (secondary N) is 1.